The van der Waals surface area contributed by atoms with Crippen LogP contribution in [0.1, 0.15) is 44.0 Å². The molecule has 1 saturated carbocycles. The molecule has 0 aromatic carbocycles. The van der Waals surface area contributed by atoms with Crippen LogP contribution in [0.2, 0.25) is 0 Å². The van der Waals surface area contributed by atoms with Gasteiger partial charge in [0.1, 0.15) is 6.10 Å². The molecule has 16 heavy (non-hydrogen) atoms. The topological polar surface area (TPSA) is 74.2 Å². The summed E-state index contributed by atoms with van der Waals surface area (Å²) in [6.45, 7) is 2.60. The third-order valence-electron chi connectivity index (χ3n) is 3.57. The van der Waals surface area contributed by atoms with Gasteiger partial charge in [-0.2, -0.15) is 4.98 Å². The van der Waals surface area contributed by atoms with Gasteiger partial charge in [-0.05, 0) is 31.7 Å². The maximum Gasteiger partial charge on any atom is 0.227 e. The average molecular weight is 225 g/mol. The molecular formula is C11H19N3O2. The van der Waals surface area contributed by atoms with Crippen LogP contribution in [0.15, 0.2) is 4.52 Å². The molecule has 1 fully saturated rings. The maximum atomic E-state index is 5.79. The molecule has 1 aliphatic carbocycles. The Bertz CT molecular complexity index is 341. The monoisotopic (exact) mass is 225 g/mol. The fourth-order valence-electron chi connectivity index (χ4n) is 2.06. The van der Waals surface area contributed by atoms with Crippen LogP contribution in [-0.4, -0.2) is 23.8 Å². The molecule has 2 N–H and O–H groups in total. The number of methoxy groups -OCH3 is 1. The van der Waals surface area contributed by atoms with Crippen molar-refractivity contribution in [3.05, 3.63) is 11.7 Å². The molecule has 2 rings (SSSR count). The van der Waals surface area contributed by atoms with Crippen molar-refractivity contribution in [3.63, 3.8) is 0 Å². The van der Waals surface area contributed by atoms with Gasteiger partial charge in [0, 0.05) is 13.5 Å². The summed E-state index contributed by atoms with van der Waals surface area (Å²) in [5.74, 6) is 1.30. The highest BCUT2D eigenvalue weighted by Crippen LogP contribution is 2.42. The normalized spacial score (nSPS) is 20.4. The summed E-state index contributed by atoms with van der Waals surface area (Å²) in [4.78, 5) is 4.34. The second-order valence-electron chi connectivity index (χ2n) is 4.66. The number of hydrogen-bond donors (Lipinski definition) is 1. The first-order valence-electron chi connectivity index (χ1n) is 5.74. The molecule has 1 unspecified atom stereocenters. The minimum absolute atomic E-state index is 0.118. The Kier molecular flexibility index (Phi) is 3.25. The zero-order valence-corrected chi connectivity index (χ0v) is 9.90. The van der Waals surface area contributed by atoms with E-state index in [2.05, 4.69) is 10.1 Å². The Morgan fingerprint density at radius 3 is 2.81 bits per heavy atom. The third kappa shape index (κ3) is 2.10. The standard InChI is InChI=1S/C11H19N3O2/c1-8(15-2)10-13-9(16-14-10)6-11(7-12)4-3-5-11/h8H,3-7,12H2,1-2H3. The Balaban J connectivity index is 2.02. The van der Waals surface area contributed by atoms with Crippen molar-refractivity contribution in [3.8, 4) is 0 Å². The summed E-state index contributed by atoms with van der Waals surface area (Å²) < 4.78 is 10.4. The molecule has 0 radical (unpaired) electrons. The summed E-state index contributed by atoms with van der Waals surface area (Å²) >= 11 is 0. The number of hydrogen-bond acceptors (Lipinski definition) is 5. The average Bonchev–Trinajstić information content (AvgIpc) is 2.70. The van der Waals surface area contributed by atoms with E-state index in [-0.39, 0.29) is 11.5 Å². The zero-order chi connectivity index (χ0) is 11.6. The lowest BCUT2D eigenvalue weighted by molar-refractivity contribution is 0.109. The van der Waals surface area contributed by atoms with Crippen LogP contribution < -0.4 is 5.73 Å². The molecule has 1 aromatic rings. The number of nitrogens with zero attached hydrogens (tertiary/aromatic N) is 2. The molecule has 1 aliphatic rings. The number of nitrogens with two attached hydrogens (primary N) is 1. The predicted molar refractivity (Wildman–Crippen MR) is 58.8 cm³/mol. The minimum atomic E-state index is -0.118. The molecular weight excluding hydrogens is 206 g/mol. The van der Waals surface area contributed by atoms with Gasteiger partial charge in [0.15, 0.2) is 5.82 Å². The van der Waals surface area contributed by atoms with Crippen LogP contribution >= 0.6 is 0 Å². The molecule has 0 saturated heterocycles. The van der Waals surface area contributed by atoms with E-state index in [4.69, 9.17) is 15.0 Å². The predicted octanol–water partition coefficient (Wildman–Crippen LogP) is 1.45. The first-order valence-corrected chi connectivity index (χ1v) is 5.74. The van der Waals surface area contributed by atoms with Crippen LogP contribution in [0.25, 0.3) is 0 Å². The maximum absolute atomic E-state index is 5.79. The molecule has 0 aliphatic heterocycles. The summed E-state index contributed by atoms with van der Waals surface area (Å²) in [6.07, 6.45) is 4.27. The van der Waals surface area contributed by atoms with Crippen molar-refractivity contribution in [1.29, 1.82) is 0 Å². The smallest absolute Gasteiger partial charge is 0.227 e. The van der Waals surface area contributed by atoms with Gasteiger partial charge in [0.05, 0.1) is 0 Å². The zero-order valence-electron chi connectivity index (χ0n) is 9.90. The Morgan fingerprint density at radius 1 is 1.56 bits per heavy atom. The van der Waals surface area contributed by atoms with E-state index < -0.39 is 0 Å². The van der Waals surface area contributed by atoms with Gasteiger partial charge in [0.25, 0.3) is 0 Å². The summed E-state index contributed by atoms with van der Waals surface area (Å²) in [7, 11) is 1.63. The first-order chi connectivity index (χ1) is 7.69. The molecule has 1 aromatic heterocycles. The number of ether oxygens (including phenoxy) is 1. The SMILES string of the molecule is COC(C)c1noc(CC2(CN)CCC2)n1. The van der Waals surface area contributed by atoms with E-state index in [0.29, 0.717) is 18.3 Å². The highest BCUT2D eigenvalue weighted by atomic mass is 16.5. The highest BCUT2D eigenvalue weighted by molar-refractivity contribution is 4.98. The fraction of sp³-hybridized carbons (Fsp3) is 0.818. The lowest BCUT2D eigenvalue weighted by Crippen LogP contribution is -2.39. The first kappa shape index (κ1) is 11.5. The largest absolute Gasteiger partial charge is 0.374 e. The number of rotatable bonds is 5. The highest BCUT2D eigenvalue weighted by Gasteiger charge is 2.37. The van der Waals surface area contributed by atoms with Crippen LogP contribution in [-0.2, 0) is 11.2 Å². The van der Waals surface area contributed by atoms with Gasteiger partial charge in [-0.1, -0.05) is 11.6 Å². The van der Waals surface area contributed by atoms with E-state index in [1.54, 1.807) is 7.11 Å². The van der Waals surface area contributed by atoms with Gasteiger partial charge in [0.2, 0.25) is 5.89 Å². The molecule has 0 bridgehead atoms. The Labute approximate surface area is 95.3 Å². The molecule has 5 nitrogen and oxygen atoms in total. The summed E-state index contributed by atoms with van der Waals surface area (Å²) in [5, 5.41) is 3.91. The van der Waals surface area contributed by atoms with Crippen molar-refractivity contribution in [2.45, 2.75) is 38.7 Å². The van der Waals surface area contributed by atoms with Gasteiger partial charge in [-0.3, -0.25) is 0 Å². The van der Waals surface area contributed by atoms with E-state index in [1.165, 1.54) is 19.3 Å². The molecule has 1 heterocycles. The van der Waals surface area contributed by atoms with Crippen molar-refractivity contribution in [2.24, 2.45) is 11.1 Å². The Morgan fingerprint density at radius 2 is 2.31 bits per heavy atom. The summed E-state index contributed by atoms with van der Waals surface area (Å²) in [5.41, 5.74) is 6.00. The van der Waals surface area contributed by atoms with Crippen molar-refractivity contribution < 1.29 is 9.26 Å². The van der Waals surface area contributed by atoms with Crippen LogP contribution in [0, 0.1) is 5.41 Å². The van der Waals surface area contributed by atoms with Crippen molar-refractivity contribution in [2.75, 3.05) is 13.7 Å². The second-order valence-corrected chi connectivity index (χ2v) is 4.66. The van der Waals surface area contributed by atoms with E-state index in [1.807, 2.05) is 6.92 Å². The molecule has 1 atom stereocenters. The molecule has 90 valence electrons. The Hall–Kier alpha value is -0.940. The van der Waals surface area contributed by atoms with Crippen LogP contribution in [0.5, 0.6) is 0 Å². The summed E-state index contributed by atoms with van der Waals surface area (Å²) in [6, 6.07) is 0. The minimum Gasteiger partial charge on any atom is -0.374 e. The van der Waals surface area contributed by atoms with Gasteiger partial charge < -0.3 is 15.0 Å². The van der Waals surface area contributed by atoms with Gasteiger partial charge >= 0.3 is 0 Å². The van der Waals surface area contributed by atoms with Gasteiger partial charge in [-0.15, -0.1) is 0 Å². The van der Waals surface area contributed by atoms with Crippen LogP contribution in [0.4, 0.5) is 0 Å². The number of aromatic nitrogens is 2. The van der Waals surface area contributed by atoms with E-state index in [0.717, 1.165) is 6.42 Å². The van der Waals surface area contributed by atoms with E-state index >= 15 is 0 Å². The fourth-order valence-corrected chi connectivity index (χ4v) is 2.06. The molecule has 0 spiro atoms. The third-order valence-corrected chi connectivity index (χ3v) is 3.57. The van der Waals surface area contributed by atoms with Gasteiger partial charge in [-0.25, -0.2) is 0 Å². The second kappa shape index (κ2) is 4.51. The molecule has 0 amide bonds. The quantitative estimate of drug-likeness (QED) is 0.821. The van der Waals surface area contributed by atoms with Crippen LogP contribution in [0.3, 0.4) is 0 Å². The lowest BCUT2D eigenvalue weighted by Gasteiger charge is -2.39. The van der Waals surface area contributed by atoms with E-state index in [9.17, 15) is 0 Å². The van der Waals surface area contributed by atoms with Crippen molar-refractivity contribution in [1.82, 2.24) is 10.1 Å². The van der Waals surface area contributed by atoms with Crippen molar-refractivity contribution >= 4 is 0 Å². The lowest BCUT2D eigenvalue weighted by atomic mass is 9.67. The molecule has 5 heteroatoms.